The zero-order valence-electron chi connectivity index (χ0n) is 19.0. The van der Waals surface area contributed by atoms with Crippen LogP contribution >= 0.6 is 0 Å². The zero-order chi connectivity index (χ0) is 23.3. The Bertz CT molecular complexity index is 1080. The molecule has 4 rings (SSSR count). The Morgan fingerprint density at radius 2 is 1.79 bits per heavy atom. The van der Waals surface area contributed by atoms with Crippen molar-refractivity contribution in [2.45, 2.75) is 38.8 Å². The van der Waals surface area contributed by atoms with E-state index in [1.54, 1.807) is 18.2 Å². The summed E-state index contributed by atoms with van der Waals surface area (Å²) < 4.78 is 36.6. The molecule has 1 saturated heterocycles. The maximum Gasteiger partial charge on any atom is 0.232 e. The van der Waals surface area contributed by atoms with Gasteiger partial charge < -0.3 is 14.8 Å². The number of benzene rings is 2. The number of hydrogen-bond acceptors (Lipinski definition) is 6. The summed E-state index contributed by atoms with van der Waals surface area (Å²) in [5.74, 6) is 1.02. The molecular weight excluding hydrogens is 442 g/mol. The van der Waals surface area contributed by atoms with Gasteiger partial charge in [-0.3, -0.25) is 14.0 Å². The number of carbonyl (C=O) groups is 1. The van der Waals surface area contributed by atoms with Crippen LogP contribution in [-0.2, 0) is 27.9 Å². The molecule has 0 radical (unpaired) electrons. The van der Waals surface area contributed by atoms with Crippen molar-refractivity contribution < 1.29 is 22.7 Å². The molecule has 33 heavy (non-hydrogen) atoms. The molecule has 2 heterocycles. The number of nitrogens with zero attached hydrogens (tertiary/aromatic N) is 2. The van der Waals surface area contributed by atoms with E-state index in [1.807, 2.05) is 12.1 Å². The largest absolute Gasteiger partial charge is 0.454 e. The predicted octanol–water partition coefficient (Wildman–Crippen LogP) is 2.87. The van der Waals surface area contributed by atoms with Crippen LogP contribution in [0.25, 0.3) is 0 Å². The number of anilines is 1. The molecule has 8 nitrogen and oxygen atoms in total. The third-order valence-corrected chi connectivity index (χ3v) is 7.19. The number of amides is 1. The van der Waals surface area contributed by atoms with Gasteiger partial charge in [0, 0.05) is 32.1 Å². The first-order chi connectivity index (χ1) is 15.9. The first-order valence-corrected chi connectivity index (χ1v) is 13.2. The van der Waals surface area contributed by atoms with Gasteiger partial charge in [0.2, 0.25) is 22.7 Å². The van der Waals surface area contributed by atoms with E-state index < -0.39 is 10.0 Å². The lowest BCUT2D eigenvalue weighted by Crippen LogP contribution is -2.32. The third kappa shape index (κ3) is 6.17. The van der Waals surface area contributed by atoms with Crippen LogP contribution in [0, 0.1) is 0 Å². The number of ether oxygens (including phenoxy) is 2. The Morgan fingerprint density at radius 3 is 2.55 bits per heavy atom. The van der Waals surface area contributed by atoms with Gasteiger partial charge >= 0.3 is 0 Å². The summed E-state index contributed by atoms with van der Waals surface area (Å²) in [6.45, 7) is 3.96. The summed E-state index contributed by atoms with van der Waals surface area (Å²) >= 11 is 0. The topological polar surface area (TPSA) is 88.2 Å². The maximum absolute atomic E-state index is 12.5. The fourth-order valence-electron chi connectivity index (χ4n) is 4.26. The van der Waals surface area contributed by atoms with E-state index in [0.29, 0.717) is 30.2 Å². The van der Waals surface area contributed by atoms with Crippen molar-refractivity contribution in [1.29, 1.82) is 0 Å². The second kappa shape index (κ2) is 10.4. The van der Waals surface area contributed by atoms with Crippen LogP contribution < -0.4 is 19.1 Å². The highest BCUT2D eigenvalue weighted by Gasteiger charge is 2.21. The van der Waals surface area contributed by atoms with Crippen LogP contribution in [0.5, 0.6) is 11.5 Å². The molecule has 9 heteroatoms. The maximum atomic E-state index is 12.5. The molecule has 2 aromatic rings. The Kier molecular flexibility index (Phi) is 7.39. The van der Waals surface area contributed by atoms with Crippen molar-refractivity contribution in [2.24, 2.45) is 0 Å². The molecule has 0 bridgehead atoms. The summed E-state index contributed by atoms with van der Waals surface area (Å²) in [6.07, 6.45) is 4.30. The summed E-state index contributed by atoms with van der Waals surface area (Å²) in [6, 6.07) is 13.2. The van der Waals surface area contributed by atoms with Gasteiger partial charge in [0.1, 0.15) is 0 Å². The monoisotopic (exact) mass is 473 g/mol. The Hall–Kier alpha value is -2.78. The van der Waals surface area contributed by atoms with Crippen molar-refractivity contribution in [1.82, 2.24) is 10.2 Å². The minimum atomic E-state index is -3.51. The molecule has 2 aliphatic rings. The van der Waals surface area contributed by atoms with Gasteiger partial charge in [-0.15, -0.1) is 0 Å². The molecule has 0 spiro atoms. The van der Waals surface area contributed by atoms with E-state index in [-0.39, 0.29) is 25.7 Å². The Balaban J connectivity index is 1.29. The Morgan fingerprint density at radius 1 is 1.06 bits per heavy atom. The molecule has 1 fully saturated rings. The van der Waals surface area contributed by atoms with Crippen molar-refractivity contribution in [3.63, 3.8) is 0 Å². The van der Waals surface area contributed by atoms with Gasteiger partial charge in [0.05, 0.1) is 11.9 Å². The smallest absolute Gasteiger partial charge is 0.232 e. The average molecular weight is 474 g/mol. The summed E-state index contributed by atoms with van der Waals surface area (Å²) in [7, 11) is -3.51. The fraction of sp³-hybridized carbons (Fsp3) is 0.458. The second-order valence-corrected chi connectivity index (χ2v) is 10.4. The molecule has 2 aromatic carbocycles. The summed E-state index contributed by atoms with van der Waals surface area (Å²) in [4.78, 5) is 14.9. The lowest BCUT2D eigenvalue weighted by molar-refractivity contribution is -0.121. The minimum Gasteiger partial charge on any atom is -0.454 e. The van der Waals surface area contributed by atoms with Gasteiger partial charge in [-0.25, -0.2) is 8.42 Å². The third-order valence-electron chi connectivity index (χ3n) is 6.00. The minimum absolute atomic E-state index is 0.0925. The lowest BCUT2D eigenvalue weighted by Gasteiger charge is -2.22. The molecule has 178 valence electrons. The van der Waals surface area contributed by atoms with Crippen LogP contribution in [0.15, 0.2) is 42.5 Å². The van der Waals surface area contributed by atoms with Gasteiger partial charge in [0.15, 0.2) is 11.5 Å². The molecule has 2 aliphatic heterocycles. The molecular formula is C24H31N3O5S. The van der Waals surface area contributed by atoms with Crippen molar-refractivity contribution in [3.8, 4) is 11.5 Å². The zero-order valence-corrected chi connectivity index (χ0v) is 19.8. The van der Waals surface area contributed by atoms with Crippen molar-refractivity contribution >= 4 is 21.6 Å². The quantitative estimate of drug-likeness (QED) is 0.571. The molecule has 1 N–H and O–H groups in total. The van der Waals surface area contributed by atoms with Gasteiger partial charge in [-0.2, -0.15) is 0 Å². The van der Waals surface area contributed by atoms with Crippen LogP contribution in [-0.4, -0.2) is 51.9 Å². The number of fused-ring (bicyclic) bond motifs is 1. The number of hydrogen-bond donors (Lipinski definition) is 1. The second-order valence-electron chi connectivity index (χ2n) is 8.50. The normalized spacial score (nSPS) is 15.5. The highest BCUT2D eigenvalue weighted by Crippen LogP contribution is 2.36. The Labute approximate surface area is 195 Å². The van der Waals surface area contributed by atoms with Gasteiger partial charge in [0.25, 0.3) is 0 Å². The van der Waals surface area contributed by atoms with Crippen LogP contribution in [0.2, 0.25) is 0 Å². The van der Waals surface area contributed by atoms with Gasteiger partial charge in [-0.05, 0) is 55.6 Å². The molecule has 0 aromatic heterocycles. The first kappa shape index (κ1) is 23.4. The lowest BCUT2D eigenvalue weighted by atomic mass is 10.1. The number of carbonyl (C=O) groups excluding carboxylic acids is 1. The average Bonchev–Trinajstić information content (AvgIpc) is 3.46. The summed E-state index contributed by atoms with van der Waals surface area (Å²) in [5, 5.41) is 2.99. The van der Waals surface area contributed by atoms with E-state index in [0.717, 1.165) is 31.5 Å². The molecule has 0 unspecified atom stereocenters. The van der Waals surface area contributed by atoms with Crippen molar-refractivity contribution in [2.75, 3.05) is 37.0 Å². The molecule has 1 amide bonds. The fourth-order valence-corrected chi connectivity index (χ4v) is 5.22. The highest BCUT2D eigenvalue weighted by atomic mass is 32.2. The van der Waals surface area contributed by atoms with Crippen LogP contribution in [0.1, 0.15) is 36.8 Å². The van der Waals surface area contributed by atoms with E-state index in [2.05, 4.69) is 22.3 Å². The van der Waals surface area contributed by atoms with Crippen LogP contribution in [0.3, 0.4) is 0 Å². The van der Waals surface area contributed by atoms with E-state index in [4.69, 9.17) is 9.47 Å². The first-order valence-electron chi connectivity index (χ1n) is 11.3. The van der Waals surface area contributed by atoms with Crippen LogP contribution in [0.4, 0.5) is 5.69 Å². The molecule has 0 saturated carbocycles. The summed E-state index contributed by atoms with van der Waals surface area (Å²) in [5.41, 5.74) is 2.86. The number of rotatable bonds is 10. The highest BCUT2D eigenvalue weighted by molar-refractivity contribution is 7.92. The standard InChI is InChI=1S/C24H31N3O5S/c1-33(29,30)27(21-10-11-22-23(15-21)32-18-31-22)14-6-9-24(28)25-16-19-7-2-3-8-20(19)17-26-12-4-5-13-26/h2-3,7-8,10-11,15H,4-6,9,12-14,16-18H2,1H3,(H,25,28). The number of likely N-dealkylation sites (tertiary alicyclic amines) is 1. The number of nitrogens with one attached hydrogen (secondary N) is 1. The number of sulfonamides is 1. The van der Waals surface area contributed by atoms with E-state index in [9.17, 15) is 13.2 Å². The van der Waals surface area contributed by atoms with Gasteiger partial charge in [-0.1, -0.05) is 24.3 Å². The predicted molar refractivity (Wildman–Crippen MR) is 127 cm³/mol. The SMILES string of the molecule is CS(=O)(=O)N(CCCC(=O)NCc1ccccc1CN1CCCC1)c1ccc2c(c1)OCO2. The van der Waals surface area contributed by atoms with E-state index in [1.165, 1.54) is 22.7 Å². The molecule has 0 aliphatic carbocycles. The van der Waals surface area contributed by atoms with Crippen molar-refractivity contribution in [3.05, 3.63) is 53.6 Å². The van der Waals surface area contributed by atoms with E-state index >= 15 is 0 Å². The molecule has 0 atom stereocenters.